The Balaban J connectivity index is 1.89. The van der Waals surface area contributed by atoms with E-state index in [1.54, 1.807) is 24.3 Å². The van der Waals surface area contributed by atoms with Crippen LogP contribution in [0.3, 0.4) is 0 Å². The summed E-state index contributed by atoms with van der Waals surface area (Å²) in [5.74, 6) is -2.24. The van der Waals surface area contributed by atoms with Gasteiger partial charge in [-0.25, -0.2) is 9.18 Å². The molecule has 0 aromatic heterocycles. The number of amides is 1. The molecule has 4 nitrogen and oxygen atoms in total. The first-order chi connectivity index (χ1) is 10.5. The largest absolute Gasteiger partial charge is 0.478 e. The van der Waals surface area contributed by atoms with Gasteiger partial charge in [-0.2, -0.15) is 0 Å². The molecule has 0 aliphatic heterocycles. The van der Waals surface area contributed by atoms with Crippen molar-refractivity contribution < 1.29 is 19.1 Å². The standard InChI is InChI=1S/C17H14FNO3/c18-15-9-11(4-7-14(15)17(21)22)10-2-1-3-12(8-10)16(20)19-13-5-6-13/h1-4,7-9,13H,5-6H2,(H,19,20)(H,21,22). The lowest BCUT2D eigenvalue weighted by atomic mass is 10.0. The second kappa shape index (κ2) is 5.60. The Morgan fingerprint density at radius 2 is 1.82 bits per heavy atom. The van der Waals surface area contributed by atoms with Gasteiger partial charge in [0.1, 0.15) is 5.82 Å². The molecule has 3 rings (SSSR count). The molecule has 2 N–H and O–H groups in total. The van der Waals surface area contributed by atoms with Crippen molar-refractivity contribution in [2.75, 3.05) is 0 Å². The van der Waals surface area contributed by atoms with Gasteiger partial charge in [0.15, 0.2) is 0 Å². The van der Waals surface area contributed by atoms with Gasteiger partial charge in [-0.1, -0.05) is 18.2 Å². The SMILES string of the molecule is O=C(NC1CC1)c1cccc(-c2ccc(C(=O)O)c(F)c2)c1. The predicted octanol–water partition coefficient (Wildman–Crippen LogP) is 3.08. The summed E-state index contributed by atoms with van der Waals surface area (Å²) in [6.45, 7) is 0. The van der Waals surface area contributed by atoms with Crippen LogP contribution < -0.4 is 5.32 Å². The molecule has 0 heterocycles. The van der Waals surface area contributed by atoms with Crippen LogP contribution in [0.25, 0.3) is 11.1 Å². The highest BCUT2D eigenvalue weighted by molar-refractivity contribution is 5.96. The number of aromatic carboxylic acids is 1. The first kappa shape index (κ1) is 14.3. The summed E-state index contributed by atoms with van der Waals surface area (Å²) >= 11 is 0. The van der Waals surface area contributed by atoms with Gasteiger partial charge in [0, 0.05) is 11.6 Å². The van der Waals surface area contributed by atoms with E-state index in [-0.39, 0.29) is 17.5 Å². The molecule has 0 radical (unpaired) electrons. The molecule has 2 aromatic carbocycles. The molecule has 0 spiro atoms. The smallest absolute Gasteiger partial charge is 0.338 e. The van der Waals surface area contributed by atoms with Crippen molar-refractivity contribution >= 4 is 11.9 Å². The number of carboxylic acid groups (broad SMARTS) is 1. The Morgan fingerprint density at radius 1 is 1.09 bits per heavy atom. The van der Waals surface area contributed by atoms with Crippen LogP contribution in [0.2, 0.25) is 0 Å². The molecule has 1 aliphatic carbocycles. The average Bonchev–Trinajstić information content (AvgIpc) is 3.31. The summed E-state index contributed by atoms with van der Waals surface area (Å²) in [7, 11) is 0. The summed E-state index contributed by atoms with van der Waals surface area (Å²) < 4.78 is 13.8. The highest BCUT2D eigenvalue weighted by Gasteiger charge is 2.23. The summed E-state index contributed by atoms with van der Waals surface area (Å²) in [5.41, 5.74) is 1.33. The quantitative estimate of drug-likeness (QED) is 0.911. The number of carboxylic acids is 1. The lowest BCUT2D eigenvalue weighted by Crippen LogP contribution is -2.25. The molecule has 112 valence electrons. The van der Waals surface area contributed by atoms with E-state index in [1.807, 2.05) is 0 Å². The normalized spacial score (nSPS) is 13.7. The Morgan fingerprint density at radius 3 is 2.45 bits per heavy atom. The molecule has 1 saturated carbocycles. The summed E-state index contributed by atoms with van der Waals surface area (Å²) in [5, 5.41) is 11.7. The zero-order valence-corrected chi connectivity index (χ0v) is 11.7. The van der Waals surface area contributed by atoms with Gasteiger partial charge < -0.3 is 10.4 Å². The molecule has 1 amide bonds. The molecule has 1 aliphatic rings. The molecular formula is C17H14FNO3. The number of rotatable bonds is 4. The third-order valence-electron chi connectivity index (χ3n) is 3.57. The monoisotopic (exact) mass is 299 g/mol. The molecule has 0 bridgehead atoms. The number of hydrogen-bond donors (Lipinski definition) is 2. The summed E-state index contributed by atoms with van der Waals surface area (Å²) in [4.78, 5) is 22.9. The summed E-state index contributed by atoms with van der Waals surface area (Å²) in [6, 6.07) is 11.0. The van der Waals surface area contributed by atoms with Crippen molar-refractivity contribution in [1.82, 2.24) is 5.32 Å². The van der Waals surface area contributed by atoms with Crippen LogP contribution in [-0.4, -0.2) is 23.0 Å². The van der Waals surface area contributed by atoms with Crippen molar-refractivity contribution in [2.45, 2.75) is 18.9 Å². The molecule has 2 aromatic rings. The maximum Gasteiger partial charge on any atom is 0.338 e. The van der Waals surface area contributed by atoms with Gasteiger partial charge >= 0.3 is 5.97 Å². The third kappa shape index (κ3) is 2.98. The molecular weight excluding hydrogens is 285 g/mol. The fraction of sp³-hybridized carbons (Fsp3) is 0.176. The lowest BCUT2D eigenvalue weighted by Gasteiger charge is -2.07. The van der Waals surface area contributed by atoms with Crippen LogP contribution in [-0.2, 0) is 0 Å². The van der Waals surface area contributed by atoms with Gasteiger partial charge in [0.2, 0.25) is 0 Å². The molecule has 22 heavy (non-hydrogen) atoms. The Bertz CT molecular complexity index is 753. The minimum atomic E-state index is -1.30. The first-order valence-electron chi connectivity index (χ1n) is 6.99. The Kier molecular flexibility index (Phi) is 3.63. The van der Waals surface area contributed by atoms with E-state index >= 15 is 0 Å². The average molecular weight is 299 g/mol. The zero-order chi connectivity index (χ0) is 15.7. The van der Waals surface area contributed by atoms with Crippen molar-refractivity contribution in [3.8, 4) is 11.1 Å². The number of carbonyl (C=O) groups is 2. The van der Waals surface area contributed by atoms with Crippen LogP contribution >= 0.6 is 0 Å². The number of nitrogens with one attached hydrogen (secondary N) is 1. The third-order valence-corrected chi connectivity index (χ3v) is 3.57. The maximum absolute atomic E-state index is 13.8. The van der Waals surface area contributed by atoms with Gasteiger partial charge in [-0.05, 0) is 48.2 Å². The highest BCUT2D eigenvalue weighted by atomic mass is 19.1. The van der Waals surface area contributed by atoms with Crippen LogP contribution in [0.1, 0.15) is 33.6 Å². The van der Waals surface area contributed by atoms with E-state index in [0.717, 1.165) is 12.8 Å². The maximum atomic E-state index is 13.8. The lowest BCUT2D eigenvalue weighted by molar-refractivity contribution is 0.0691. The first-order valence-corrected chi connectivity index (χ1v) is 6.99. The van der Waals surface area contributed by atoms with E-state index in [4.69, 9.17) is 5.11 Å². The second-order valence-corrected chi connectivity index (χ2v) is 5.33. The van der Waals surface area contributed by atoms with Crippen molar-refractivity contribution in [2.24, 2.45) is 0 Å². The van der Waals surface area contributed by atoms with E-state index in [2.05, 4.69) is 5.32 Å². The topological polar surface area (TPSA) is 66.4 Å². The Hall–Kier alpha value is -2.69. The van der Waals surface area contributed by atoms with E-state index in [9.17, 15) is 14.0 Å². The fourth-order valence-corrected chi connectivity index (χ4v) is 2.20. The van der Waals surface area contributed by atoms with Crippen LogP contribution in [0.4, 0.5) is 4.39 Å². The van der Waals surface area contributed by atoms with Gasteiger partial charge in [-0.3, -0.25) is 4.79 Å². The fourth-order valence-electron chi connectivity index (χ4n) is 2.20. The summed E-state index contributed by atoms with van der Waals surface area (Å²) in [6.07, 6.45) is 2.01. The van der Waals surface area contributed by atoms with Gasteiger partial charge in [-0.15, -0.1) is 0 Å². The Labute approximate surface area is 126 Å². The number of benzene rings is 2. The minimum absolute atomic E-state index is 0.146. The van der Waals surface area contributed by atoms with Crippen LogP contribution in [0.5, 0.6) is 0 Å². The van der Waals surface area contributed by atoms with Crippen LogP contribution in [0, 0.1) is 5.82 Å². The molecule has 0 saturated heterocycles. The van der Waals surface area contributed by atoms with E-state index < -0.39 is 11.8 Å². The molecule has 0 unspecified atom stereocenters. The van der Waals surface area contributed by atoms with Crippen molar-refractivity contribution in [1.29, 1.82) is 0 Å². The van der Waals surface area contributed by atoms with Crippen molar-refractivity contribution in [3.63, 3.8) is 0 Å². The molecule has 0 atom stereocenters. The number of hydrogen-bond acceptors (Lipinski definition) is 2. The molecule has 5 heteroatoms. The predicted molar refractivity (Wildman–Crippen MR) is 79.3 cm³/mol. The van der Waals surface area contributed by atoms with Crippen LogP contribution in [0.15, 0.2) is 42.5 Å². The molecule has 1 fully saturated rings. The van der Waals surface area contributed by atoms with E-state index in [0.29, 0.717) is 16.7 Å². The zero-order valence-electron chi connectivity index (χ0n) is 11.7. The minimum Gasteiger partial charge on any atom is -0.478 e. The number of carbonyl (C=O) groups excluding carboxylic acids is 1. The van der Waals surface area contributed by atoms with Gasteiger partial charge in [0.05, 0.1) is 5.56 Å². The van der Waals surface area contributed by atoms with Crippen molar-refractivity contribution in [3.05, 3.63) is 59.4 Å². The second-order valence-electron chi connectivity index (χ2n) is 5.33. The number of halogens is 1. The van der Waals surface area contributed by atoms with E-state index in [1.165, 1.54) is 18.2 Å². The van der Waals surface area contributed by atoms with Gasteiger partial charge in [0.25, 0.3) is 5.91 Å². The highest BCUT2D eigenvalue weighted by Crippen LogP contribution is 2.24.